The summed E-state index contributed by atoms with van der Waals surface area (Å²) in [6.07, 6.45) is 1.26. The monoisotopic (exact) mass is 219 g/mol. The summed E-state index contributed by atoms with van der Waals surface area (Å²) in [5.41, 5.74) is 2.32. The van der Waals surface area contributed by atoms with E-state index >= 15 is 0 Å². The van der Waals surface area contributed by atoms with Crippen LogP contribution in [0.1, 0.15) is 17.7 Å². The van der Waals surface area contributed by atoms with Crippen LogP contribution >= 0.6 is 0 Å². The maximum atomic E-state index is 5.35. The van der Waals surface area contributed by atoms with Crippen molar-refractivity contribution in [1.82, 2.24) is 10.3 Å². The van der Waals surface area contributed by atoms with E-state index in [0.29, 0.717) is 6.61 Å². The Kier molecular flexibility index (Phi) is 2.76. The Morgan fingerprint density at radius 2 is 2.44 bits per heavy atom. The van der Waals surface area contributed by atoms with Crippen molar-refractivity contribution in [1.29, 1.82) is 0 Å². The average molecular weight is 219 g/mol. The second-order valence-electron chi connectivity index (χ2n) is 4.53. The van der Waals surface area contributed by atoms with Crippen molar-refractivity contribution < 1.29 is 4.74 Å². The zero-order valence-electron chi connectivity index (χ0n) is 9.33. The first-order valence-electron chi connectivity index (χ1n) is 5.93. The number of fused-ring (bicyclic) bond motifs is 1. The zero-order chi connectivity index (χ0) is 10.8. The Labute approximate surface area is 95.4 Å². The highest BCUT2D eigenvalue weighted by molar-refractivity contribution is 5.39. The van der Waals surface area contributed by atoms with Crippen molar-refractivity contribution in [3.63, 3.8) is 0 Å². The molecular formula is C12H17N3O. The van der Waals surface area contributed by atoms with E-state index in [4.69, 9.17) is 4.74 Å². The van der Waals surface area contributed by atoms with Crippen LogP contribution in [-0.2, 0) is 18.0 Å². The predicted molar refractivity (Wildman–Crippen MR) is 62.2 cm³/mol. The largest absolute Gasteiger partial charge is 0.370 e. The standard InChI is InChI=1S/C12H17N3O/c1-2-12(14-6-9-3-4-13-5-9)15-11-8-16-7-10(1)11/h1-2,9,13H,3-8H2,(H,14,15). The SMILES string of the molecule is c1cc2c(nc1NCC1CCNC1)COC2. The van der Waals surface area contributed by atoms with Crippen molar-refractivity contribution >= 4 is 5.82 Å². The van der Waals surface area contributed by atoms with Gasteiger partial charge in [0.25, 0.3) is 0 Å². The van der Waals surface area contributed by atoms with Crippen molar-refractivity contribution in [2.75, 3.05) is 25.0 Å². The topological polar surface area (TPSA) is 46.2 Å². The highest BCUT2D eigenvalue weighted by atomic mass is 16.5. The minimum Gasteiger partial charge on any atom is -0.370 e. The number of pyridine rings is 1. The van der Waals surface area contributed by atoms with Crippen LogP contribution in [0.3, 0.4) is 0 Å². The molecule has 0 saturated carbocycles. The number of nitrogens with zero attached hydrogens (tertiary/aromatic N) is 1. The number of hydrogen-bond acceptors (Lipinski definition) is 4. The molecule has 4 nitrogen and oxygen atoms in total. The smallest absolute Gasteiger partial charge is 0.126 e. The van der Waals surface area contributed by atoms with Crippen molar-refractivity contribution in [2.24, 2.45) is 5.92 Å². The van der Waals surface area contributed by atoms with Gasteiger partial charge in [0.05, 0.1) is 18.9 Å². The van der Waals surface area contributed by atoms with Gasteiger partial charge in [-0.15, -0.1) is 0 Å². The Balaban J connectivity index is 1.61. The van der Waals surface area contributed by atoms with E-state index in [9.17, 15) is 0 Å². The third kappa shape index (κ3) is 2.03. The van der Waals surface area contributed by atoms with E-state index in [0.717, 1.165) is 43.7 Å². The number of anilines is 1. The molecule has 1 unspecified atom stereocenters. The molecule has 2 N–H and O–H groups in total. The van der Waals surface area contributed by atoms with Crippen molar-refractivity contribution in [3.8, 4) is 0 Å². The van der Waals surface area contributed by atoms with Gasteiger partial charge >= 0.3 is 0 Å². The van der Waals surface area contributed by atoms with E-state index in [-0.39, 0.29) is 0 Å². The van der Waals surface area contributed by atoms with Gasteiger partial charge in [0.15, 0.2) is 0 Å². The summed E-state index contributed by atoms with van der Waals surface area (Å²) < 4.78 is 5.35. The van der Waals surface area contributed by atoms with E-state index in [2.05, 4.69) is 27.8 Å². The van der Waals surface area contributed by atoms with Gasteiger partial charge in [0.2, 0.25) is 0 Å². The zero-order valence-corrected chi connectivity index (χ0v) is 9.33. The molecule has 1 fully saturated rings. The van der Waals surface area contributed by atoms with Crippen LogP contribution in [0, 0.1) is 5.92 Å². The van der Waals surface area contributed by atoms with Crippen LogP contribution in [-0.4, -0.2) is 24.6 Å². The molecule has 1 saturated heterocycles. The molecule has 1 aromatic heterocycles. The highest BCUT2D eigenvalue weighted by Crippen LogP contribution is 2.20. The van der Waals surface area contributed by atoms with Crippen LogP contribution in [0.2, 0.25) is 0 Å². The second kappa shape index (κ2) is 4.39. The molecule has 0 aliphatic carbocycles. The Morgan fingerprint density at radius 1 is 1.44 bits per heavy atom. The van der Waals surface area contributed by atoms with Gasteiger partial charge in [0, 0.05) is 12.1 Å². The second-order valence-corrected chi connectivity index (χ2v) is 4.53. The minimum absolute atomic E-state index is 0.663. The van der Waals surface area contributed by atoms with E-state index in [1.807, 2.05) is 0 Å². The summed E-state index contributed by atoms with van der Waals surface area (Å²) in [6.45, 7) is 4.67. The van der Waals surface area contributed by atoms with Gasteiger partial charge in [-0.25, -0.2) is 4.98 Å². The fourth-order valence-corrected chi connectivity index (χ4v) is 2.28. The molecule has 0 spiro atoms. The molecule has 0 bridgehead atoms. The summed E-state index contributed by atoms with van der Waals surface area (Å²) in [5, 5.41) is 6.78. The fraction of sp³-hybridized carbons (Fsp3) is 0.583. The Morgan fingerprint density at radius 3 is 3.31 bits per heavy atom. The number of hydrogen-bond donors (Lipinski definition) is 2. The molecule has 4 heteroatoms. The molecule has 2 aliphatic rings. The normalized spacial score (nSPS) is 23.4. The number of aromatic nitrogens is 1. The van der Waals surface area contributed by atoms with Gasteiger partial charge < -0.3 is 15.4 Å². The third-order valence-electron chi connectivity index (χ3n) is 3.30. The minimum atomic E-state index is 0.663. The first-order chi connectivity index (χ1) is 7.92. The summed E-state index contributed by atoms with van der Waals surface area (Å²) in [5.74, 6) is 1.72. The van der Waals surface area contributed by atoms with Crippen LogP contribution in [0.25, 0.3) is 0 Å². The summed E-state index contributed by atoms with van der Waals surface area (Å²) in [6, 6.07) is 4.17. The molecule has 1 atom stereocenters. The van der Waals surface area contributed by atoms with Crippen LogP contribution < -0.4 is 10.6 Å². The molecule has 3 rings (SSSR count). The summed E-state index contributed by atoms with van der Waals surface area (Å²) in [4.78, 5) is 4.56. The molecule has 0 aromatic carbocycles. The van der Waals surface area contributed by atoms with Gasteiger partial charge in [-0.3, -0.25) is 0 Å². The molecule has 16 heavy (non-hydrogen) atoms. The van der Waals surface area contributed by atoms with Gasteiger partial charge in [-0.05, 0) is 31.5 Å². The van der Waals surface area contributed by atoms with Crippen LogP contribution in [0.15, 0.2) is 12.1 Å². The first-order valence-corrected chi connectivity index (χ1v) is 5.93. The lowest BCUT2D eigenvalue weighted by atomic mass is 10.1. The quantitative estimate of drug-likeness (QED) is 0.800. The molecule has 1 aromatic rings. The predicted octanol–water partition coefficient (Wildman–Crippen LogP) is 1.13. The average Bonchev–Trinajstić information content (AvgIpc) is 2.97. The maximum absolute atomic E-state index is 5.35. The molecule has 0 amide bonds. The van der Waals surface area contributed by atoms with Gasteiger partial charge in [-0.2, -0.15) is 0 Å². The van der Waals surface area contributed by atoms with E-state index in [1.165, 1.54) is 12.0 Å². The molecular weight excluding hydrogens is 202 g/mol. The first kappa shape index (κ1) is 10.1. The summed E-state index contributed by atoms with van der Waals surface area (Å²) >= 11 is 0. The Hall–Kier alpha value is -1.13. The van der Waals surface area contributed by atoms with E-state index in [1.54, 1.807) is 0 Å². The highest BCUT2D eigenvalue weighted by Gasteiger charge is 2.15. The Bertz CT molecular complexity index is 375. The van der Waals surface area contributed by atoms with Crippen LogP contribution in [0.5, 0.6) is 0 Å². The number of ether oxygens (including phenoxy) is 1. The molecule has 2 aliphatic heterocycles. The lowest BCUT2D eigenvalue weighted by Crippen LogP contribution is -2.17. The maximum Gasteiger partial charge on any atom is 0.126 e. The molecule has 3 heterocycles. The van der Waals surface area contributed by atoms with E-state index < -0.39 is 0 Å². The molecule has 0 radical (unpaired) electrons. The lowest BCUT2D eigenvalue weighted by Gasteiger charge is -2.11. The van der Waals surface area contributed by atoms with Crippen molar-refractivity contribution in [2.45, 2.75) is 19.6 Å². The fourth-order valence-electron chi connectivity index (χ4n) is 2.28. The van der Waals surface area contributed by atoms with Crippen LogP contribution in [0.4, 0.5) is 5.82 Å². The molecule has 86 valence electrons. The van der Waals surface area contributed by atoms with Gasteiger partial charge in [0.1, 0.15) is 5.82 Å². The summed E-state index contributed by atoms with van der Waals surface area (Å²) in [7, 11) is 0. The van der Waals surface area contributed by atoms with Crippen molar-refractivity contribution in [3.05, 3.63) is 23.4 Å². The third-order valence-corrected chi connectivity index (χ3v) is 3.30. The number of rotatable bonds is 3. The number of nitrogens with one attached hydrogen (secondary N) is 2. The van der Waals surface area contributed by atoms with Gasteiger partial charge in [-0.1, -0.05) is 6.07 Å². The lowest BCUT2D eigenvalue weighted by molar-refractivity contribution is 0.133.